The van der Waals surface area contributed by atoms with E-state index in [2.05, 4.69) is 161 Å². The zero-order valence-electron chi connectivity index (χ0n) is 25.9. The molecule has 4 nitrogen and oxygen atoms in total. The molecule has 0 radical (unpaired) electrons. The summed E-state index contributed by atoms with van der Waals surface area (Å²) in [5.41, 5.74) is 10.7. The smallest absolute Gasteiger partial charge is 0.222 e. The molecule has 3 heterocycles. The second-order valence-corrected chi connectivity index (χ2v) is 13.2. The van der Waals surface area contributed by atoms with Crippen molar-refractivity contribution < 1.29 is 9.97 Å². The second kappa shape index (κ2) is 11.4. The summed E-state index contributed by atoms with van der Waals surface area (Å²) in [6, 6.07) is 43.2. The van der Waals surface area contributed by atoms with Crippen LogP contribution < -0.4 is 9.97 Å². The maximum absolute atomic E-state index is 5.40. The topological polar surface area (TPSA) is 46.1 Å². The summed E-state index contributed by atoms with van der Waals surface area (Å²) in [6.45, 7) is 2.36. The standard InChI is InChI=1S/C42H30N4S/c1-27-31-20-11-13-23-35(31)47-36-24-14-12-22-33(36)39-37(27)34-26-25-28-15-5-4-10-21-32(28)38(34)46(39)42-44-40(29-16-6-2-7-17-29)43-41(45-42)30-18-8-3-9-19-30/h2-3,5-27H,4H2,1H3/p+2/t27-/m0/s1. The fourth-order valence-corrected chi connectivity index (χ4v) is 8.27. The van der Waals surface area contributed by atoms with Gasteiger partial charge in [-0.15, -0.1) is 4.98 Å². The van der Waals surface area contributed by atoms with Crippen LogP contribution in [0.15, 0.2) is 143 Å². The second-order valence-electron chi connectivity index (χ2n) is 12.1. The Kier molecular flexibility index (Phi) is 6.72. The fraction of sp³-hybridized carbons (Fsp3) is 0.0714. The molecule has 0 unspecified atom stereocenters. The molecule has 1 aliphatic carbocycles. The van der Waals surface area contributed by atoms with Crippen molar-refractivity contribution in [2.45, 2.75) is 29.1 Å². The minimum Gasteiger partial charge on any atom is -0.222 e. The molecule has 1 atom stereocenters. The Balaban J connectivity index is 1.47. The third kappa shape index (κ3) is 4.65. The molecular formula is C42H32N4S+2. The average Bonchev–Trinajstić information content (AvgIpc) is 3.28. The molecule has 0 saturated heterocycles. The van der Waals surface area contributed by atoms with Crippen molar-refractivity contribution in [3.05, 3.63) is 156 Å². The molecule has 0 saturated carbocycles. The lowest BCUT2D eigenvalue weighted by molar-refractivity contribution is -0.505. The first-order valence-electron chi connectivity index (χ1n) is 16.1. The van der Waals surface area contributed by atoms with Gasteiger partial charge >= 0.3 is 17.6 Å². The Bertz CT molecular complexity index is 2310. The van der Waals surface area contributed by atoms with Gasteiger partial charge in [-0.25, -0.2) is 4.57 Å². The lowest BCUT2D eigenvalue weighted by Crippen LogP contribution is -2.30. The quantitative estimate of drug-likeness (QED) is 0.197. The van der Waals surface area contributed by atoms with Crippen LogP contribution in [0.2, 0.25) is 0 Å². The van der Waals surface area contributed by atoms with Gasteiger partial charge in [-0.1, -0.05) is 128 Å². The molecule has 1 aliphatic heterocycles. The summed E-state index contributed by atoms with van der Waals surface area (Å²) in [6.07, 6.45) is 9.96. The number of nitrogens with zero attached hydrogens (tertiary/aromatic N) is 2. The van der Waals surface area contributed by atoms with Crippen molar-refractivity contribution in [1.82, 2.24) is 9.55 Å². The number of aromatic amines is 2. The van der Waals surface area contributed by atoms with Crippen LogP contribution in [0.1, 0.15) is 41.5 Å². The molecule has 5 heteroatoms. The van der Waals surface area contributed by atoms with E-state index in [1.54, 1.807) is 0 Å². The van der Waals surface area contributed by atoms with Crippen molar-refractivity contribution in [2.24, 2.45) is 0 Å². The van der Waals surface area contributed by atoms with E-state index in [0.717, 1.165) is 40.7 Å². The number of allylic oxidation sites excluding steroid dienone is 2. The Morgan fingerprint density at radius 3 is 2.23 bits per heavy atom. The van der Waals surface area contributed by atoms with Gasteiger partial charge in [-0.3, -0.25) is 0 Å². The molecule has 5 aromatic carbocycles. The van der Waals surface area contributed by atoms with Crippen LogP contribution in [-0.2, 0) is 0 Å². The van der Waals surface area contributed by atoms with Gasteiger partial charge in [0.1, 0.15) is 0 Å². The maximum Gasteiger partial charge on any atom is 0.483 e. The maximum atomic E-state index is 5.40. The van der Waals surface area contributed by atoms with Crippen molar-refractivity contribution >= 4 is 34.8 Å². The first-order valence-corrected chi connectivity index (χ1v) is 16.9. The number of H-pyrrole nitrogens is 2. The normalized spacial score (nSPS) is 14.8. The first kappa shape index (κ1) is 27.8. The van der Waals surface area contributed by atoms with Crippen LogP contribution in [0, 0.1) is 0 Å². The number of benzene rings is 5. The van der Waals surface area contributed by atoms with E-state index in [0.29, 0.717) is 0 Å². The molecule has 47 heavy (non-hydrogen) atoms. The average molecular weight is 625 g/mol. The van der Waals surface area contributed by atoms with Crippen LogP contribution in [0.5, 0.6) is 0 Å². The summed E-state index contributed by atoms with van der Waals surface area (Å²) in [7, 11) is 0. The van der Waals surface area contributed by atoms with Crippen LogP contribution >= 0.6 is 11.8 Å². The third-order valence-corrected chi connectivity index (χ3v) is 10.5. The number of aromatic nitrogens is 4. The van der Waals surface area contributed by atoms with Gasteiger partial charge in [0.25, 0.3) is 0 Å². The lowest BCUT2D eigenvalue weighted by Gasteiger charge is -2.23. The Hall–Kier alpha value is -5.52. The highest BCUT2D eigenvalue weighted by atomic mass is 32.2. The van der Waals surface area contributed by atoms with Gasteiger partial charge < -0.3 is 0 Å². The summed E-state index contributed by atoms with van der Waals surface area (Å²) in [4.78, 5) is 15.4. The van der Waals surface area contributed by atoms with E-state index < -0.39 is 0 Å². The number of hydrogen-bond acceptors (Lipinski definition) is 2. The molecule has 7 aromatic rings. The molecular weight excluding hydrogens is 593 g/mol. The minimum absolute atomic E-state index is 0.145. The predicted molar refractivity (Wildman–Crippen MR) is 191 cm³/mol. The largest absolute Gasteiger partial charge is 0.483 e. The molecule has 2 aromatic heterocycles. The molecule has 0 bridgehead atoms. The van der Waals surface area contributed by atoms with Gasteiger partial charge in [-0.05, 0) is 59.5 Å². The number of fused-ring (bicyclic) bond motifs is 8. The Morgan fingerprint density at radius 1 is 0.702 bits per heavy atom. The number of hydrogen-bond donors (Lipinski definition) is 0. The van der Waals surface area contributed by atoms with E-state index in [1.165, 1.54) is 48.7 Å². The van der Waals surface area contributed by atoms with E-state index in [4.69, 9.17) is 4.98 Å². The van der Waals surface area contributed by atoms with Crippen LogP contribution in [0.25, 0.3) is 63.0 Å². The highest BCUT2D eigenvalue weighted by Gasteiger charge is 2.36. The van der Waals surface area contributed by atoms with Gasteiger partial charge in [0.15, 0.2) is 0 Å². The summed E-state index contributed by atoms with van der Waals surface area (Å²) >= 11 is 1.85. The van der Waals surface area contributed by atoms with Gasteiger partial charge in [0, 0.05) is 32.2 Å². The van der Waals surface area contributed by atoms with E-state index in [9.17, 15) is 0 Å². The Morgan fingerprint density at radius 2 is 1.40 bits per heavy atom. The molecule has 0 amide bonds. The van der Waals surface area contributed by atoms with Crippen molar-refractivity contribution in [2.75, 3.05) is 0 Å². The van der Waals surface area contributed by atoms with Crippen molar-refractivity contribution in [3.8, 4) is 40.0 Å². The Labute approximate surface area is 278 Å². The fourth-order valence-electron chi connectivity index (χ4n) is 7.10. The van der Waals surface area contributed by atoms with Crippen molar-refractivity contribution in [1.29, 1.82) is 0 Å². The van der Waals surface area contributed by atoms with Gasteiger partial charge in [0.2, 0.25) is 0 Å². The van der Waals surface area contributed by atoms with Crippen LogP contribution in [0.3, 0.4) is 0 Å². The minimum atomic E-state index is 0.145. The number of nitrogens with one attached hydrogen (secondary N) is 2. The third-order valence-electron chi connectivity index (χ3n) is 9.30. The van der Waals surface area contributed by atoms with Crippen molar-refractivity contribution in [3.63, 3.8) is 0 Å². The molecule has 2 aliphatic rings. The molecule has 0 fully saturated rings. The molecule has 224 valence electrons. The van der Waals surface area contributed by atoms with E-state index in [1.807, 2.05) is 17.8 Å². The highest BCUT2D eigenvalue weighted by molar-refractivity contribution is 7.99. The van der Waals surface area contributed by atoms with Gasteiger partial charge in [-0.2, -0.15) is 4.98 Å². The van der Waals surface area contributed by atoms with Crippen LogP contribution in [0.4, 0.5) is 0 Å². The summed E-state index contributed by atoms with van der Waals surface area (Å²) in [5.74, 6) is 2.61. The molecule has 2 N–H and O–H groups in total. The predicted octanol–water partition coefficient (Wildman–Crippen LogP) is 9.70. The van der Waals surface area contributed by atoms with E-state index in [-0.39, 0.29) is 5.92 Å². The molecule has 9 rings (SSSR count). The lowest BCUT2D eigenvalue weighted by atomic mass is 9.88. The van der Waals surface area contributed by atoms with Crippen LogP contribution in [-0.4, -0.2) is 9.55 Å². The zero-order chi connectivity index (χ0) is 31.3. The first-order chi connectivity index (χ1) is 23.2. The highest BCUT2D eigenvalue weighted by Crippen LogP contribution is 2.51. The molecule has 0 spiro atoms. The monoisotopic (exact) mass is 624 g/mol. The summed E-state index contributed by atoms with van der Waals surface area (Å²) < 4.78 is 2.41. The zero-order valence-corrected chi connectivity index (χ0v) is 26.8. The SMILES string of the molecule is C[C@H]1c2ccccc2Sc2ccccc2-c2c1c1ccc3c(c1n2-c1nc(-c2ccccc2)[nH+]c(-c2ccccc2)[nH+]1)C=CCC=C3. The number of rotatable bonds is 3. The summed E-state index contributed by atoms with van der Waals surface area (Å²) in [5, 5.41) is 1.24. The van der Waals surface area contributed by atoms with E-state index >= 15 is 0 Å². The van der Waals surface area contributed by atoms with Gasteiger partial charge in [0.05, 0.1) is 27.3 Å².